The minimum Gasteiger partial charge on any atom is -0.395 e. The summed E-state index contributed by atoms with van der Waals surface area (Å²) in [5.74, 6) is 0.133. The van der Waals surface area contributed by atoms with E-state index in [2.05, 4.69) is 43.1 Å². The maximum Gasteiger partial charge on any atom is 0.262 e. The van der Waals surface area contributed by atoms with E-state index in [4.69, 9.17) is 28.2 Å². The second-order valence-electron chi connectivity index (χ2n) is 10.6. The van der Waals surface area contributed by atoms with Crippen LogP contribution in [0.15, 0.2) is 64.1 Å². The number of likely N-dealkylation sites (N-methyl/N-ethyl adjacent to an activating group) is 1. The van der Waals surface area contributed by atoms with Gasteiger partial charge in [-0.25, -0.2) is 4.99 Å². The van der Waals surface area contributed by atoms with E-state index >= 15 is 0 Å². The zero-order chi connectivity index (χ0) is 27.2. The number of halogens is 2. The molecule has 38 heavy (non-hydrogen) atoms. The van der Waals surface area contributed by atoms with Gasteiger partial charge in [-0.1, -0.05) is 61.3 Å². The predicted octanol–water partition coefficient (Wildman–Crippen LogP) is 5.81. The normalized spacial score (nSPS) is 26.8. The molecule has 0 radical (unpaired) electrons. The van der Waals surface area contributed by atoms with E-state index in [0.717, 1.165) is 33.3 Å². The zero-order valence-corrected chi connectivity index (χ0v) is 24.4. The van der Waals surface area contributed by atoms with Gasteiger partial charge in [0.05, 0.1) is 12.6 Å². The number of amidine groups is 1. The molecule has 202 valence electrons. The van der Waals surface area contributed by atoms with Crippen LogP contribution in [0.3, 0.4) is 0 Å². The lowest BCUT2D eigenvalue weighted by atomic mass is 9.81. The summed E-state index contributed by atoms with van der Waals surface area (Å²) in [6.45, 7) is 9.81. The van der Waals surface area contributed by atoms with Gasteiger partial charge in [-0.3, -0.25) is 4.79 Å². The topological polar surface area (TPSA) is 68.2 Å². The number of thioether (sulfide) groups is 1. The Hall–Kier alpha value is -2.03. The average molecular weight is 574 g/mol. The van der Waals surface area contributed by atoms with Crippen LogP contribution in [0, 0.1) is 5.92 Å². The maximum absolute atomic E-state index is 14.1. The number of hydrogen-bond donors (Lipinski definition) is 2. The lowest BCUT2D eigenvalue weighted by molar-refractivity contribution is -0.128. The molecule has 0 spiro atoms. The van der Waals surface area contributed by atoms with E-state index in [9.17, 15) is 9.90 Å². The standard InChI is InChI=1S/C29H34Cl2N4O2S/c1-5-34(23-14-22(16-36)32-15-23)27(37)25-24(17(2)3)35-26(18-6-10-20(30)11-7-18)29(4,33-28(35)38-25)19-8-12-21(31)13-9-19/h6-13,17,22-23,26,32,36H,5,14-16H2,1-4H3/t22-,23-,26+,29-/m0/s1. The van der Waals surface area contributed by atoms with E-state index in [1.165, 1.54) is 11.8 Å². The Kier molecular flexibility index (Phi) is 7.87. The van der Waals surface area contributed by atoms with Crippen LogP contribution in [0.1, 0.15) is 51.3 Å². The minimum atomic E-state index is -0.594. The summed E-state index contributed by atoms with van der Waals surface area (Å²) >= 11 is 14.0. The SMILES string of the molecule is CCN(C(=O)C1=C(C(C)C)N2C(=N[C@@](C)(c3ccc(Cl)cc3)[C@H]2c2ccc(Cl)cc2)S1)[C@@H]1CN[C@H](CO)C1. The van der Waals surface area contributed by atoms with Crippen molar-refractivity contribution in [3.63, 3.8) is 0 Å². The number of nitrogens with one attached hydrogen (secondary N) is 1. The Bertz CT molecular complexity index is 1260. The van der Waals surface area contributed by atoms with Gasteiger partial charge in [0, 0.05) is 40.9 Å². The van der Waals surface area contributed by atoms with Crippen LogP contribution < -0.4 is 5.32 Å². The highest BCUT2D eigenvalue weighted by Crippen LogP contribution is 2.56. The summed E-state index contributed by atoms with van der Waals surface area (Å²) in [7, 11) is 0. The largest absolute Gasteiger partial charge is 0.395 e. The number of amides is 1. The number of benzene rings is 2. The van der Waals surface area contributed by atoms with Crippen molar-refractivity contribution < 1.29 is 9.90 Å². The molecule has 5 rings (SSSR count). The van der Waals surface area contributed by atoms with Crippen molar-refractivity contribution in [1.82, 2.24) is 15.1 Å². The number of rotatable bonds is 7. The highest BCUT2D eigenvalue weighted by atomic mass is 35.5. The first-order valence-corrected chi connectivity index (χ1v) is 14.7. The van der Waals surface area contributed by atoms with Crippen molar-refractivity contribution in [3.05, 3.63) is 80.3 Å². The molecule has 0 bridgehead atoms. The fraction of sp³-hybridized carbons (Fsp3) is 0.448. The molecular formula is C29H34Cl2N4O2S. The first kappa shape index (κ1) is 27.5. The maximum atomic E-state index is 14.1. The first-order chi connectivity index (χ1) is 18.2. The molecule has 2 aromatic rings. The number of fused-ring (bicyclic) bond motifs is 1. The molecule has 6 nitrogen and oxygen atoms in total. The molecule has 0 aliphatic carbocycles. The van der Waals surface area contributed by atoms with Crippen LogP contribution in [0.4, 0.5) is 0 Å². The van der Waals surface area contributed by atoms with Crippen LogP contribution >= 0.6 is 35.0 Å². The predicted molar refractivity (Wildman–Crippen MR) is 156 cm³/mol. The van der Waals surface area contributed by atoms with Crippen LogP contribution in [-0.4, -0.2) is 57.8 Å². The first-order valence-electron chi connectivity index (χ1n) is 13.2. The van der Waals surface area contributed by atoms with E-state index in [-0.39, 0.29) is 36.6 Å². The zero-order valence-electron chi connectivity index (χ0n) is 22.1. The van der Waals surface area contributed by atoms with Crippen LogP contribution in [0.2, 0.25) is 10.0 Å². The molecule has 3 heterocycles. The molecule has 2 aromatic carbocycles. The highest BCUT2D eigenvalue weighted by molar-refractivity contribution is 8.18. The number of hydrogen-bond acceptors (Lipinski definition) is 6. The summed E-state index contributed by atoms with van der Waals surface area (Å²) in [5, 5.41) is 15.1. The summed E-state index contributed by atoms with van der Waals surface area (Å²) in [6, 6.07) is 15.7. The van der Waals surface area contributed by atoms with E-state index in [1.807, 2.05) is 48.2 Å². The van der Waals surface area contributed by atoms with Crippen LogP contribution in [-0.2, 0) is 10.3 Å². The molecule has 1 amide bonds. The van der Waals surface area contributed by atoms with E-state index in [1.54, 1.807) is 0 Å². The molecule has 1 fully saturated rings. The summed E-state index contributed by atoms with van der Waals surface area (Å²) < 4.78 is 0. The molecule has 9 heteroatoms. The van der Waals surface area contributed by atoms with Gasteiger partial charge in [-0.05, 0) is 73.3 Å². The number of carbonyl (C=O) groups is 1. The van der Waals surface area contributed by atoms with Gasteiger partial charge in [-0.15, -0.1) is 0 Å². The molecule has 4 atom stereocenters. The third kappa shape index (κ3) is 4.77. The van der Waals surface area contributed by atoms with Crippen molar-refractivity contribution in [1.29, 1.82) is 0 Å². The van der Waals surface area contributed by atoms with Crippen LogP contribution in [0.25, 0.3) is 0 Å². The molecule has 2 N–H and O–H groups in total. The number of allylic oxidation sites excluding steroid dienone is 1. The summed E-state index contributed by atoms with van der Waals surface area (Å²) in [6.07, 6.45) is 0.748. The Labute approximate surface area is 239 Å². The molecule has 0 unspecified atom stereocenters. The average Bonchev–Trinajstić information content (AvgIpc) is 3.58. The van der Waals surface area contributed by atoms with Gasteiger partial charge in [0.2, 0.25) is 0 Å². The minimum absolute atomic E-state index is 0.0264. The Morgan fingerprint density at radius 3 is 2.37 bits per heavy atom. The summed E-state index contributed by atoms with van der Waals surface area (Å²) in [4.78, 5) is 24.4. The number of aliphatic imine (C=N–C) groups is 1. The number of aliphatic hydroxyl groups excluding tert-OH is 1. The molecule has 0 saturated carbocycles. The smallest absolute Gasteiger partial charge is 0.262 e. The monoisotopic (exact) mass is 572 g/mol. The van der Waals surface area contributed by atoms with Gasteiger partial charge in [0.25, 0.3) is 5.91 Å². The van der Waals surface area contributed by atoms with Gasteiger partial charge < -0.3 is 20.2 Å². The molecular weight excluding hydrogens is 539 g/mol. The van der Waals surface area contributed by atoms with Crippen molar-refractivity contribution in [3.8, 4) is 0 Å². The van der Waals surface area contributed by atoms with Crippen molar-refractivity contribution in [2.24, 2.45) is 10.9 Å². The van der Waals surface area contributed by atoms with Gasteiger partial charge >= 0.3 is 0 Å². The number of nitrogens with zero attached hydrogens (tertiary/aromatic N) is 3. The second kappa shape index (κ2) is 10.9. The fourth-order valence-electron chi connectivity index (χ4n) is 5.94. The summed E-state index contributed by atoms with van der Waals surface area (Å²) in [5.41, 5.74) is 2.54. The van der Waals surface area contributed by atoms with Crippen molar-refractivity contribution in [2.75, 3.05) is 19.7 Å². The Morgan fingerprint density at radius 2 is 1.82 bits per heavy atom. The van der Waals surface area contributed by atoms with Crippen molar-refractivity contribution in [2.45, 2.75) is 57.8 Å². The number of carbonyl (C=O) groups excluding carboxylic acids is 1. The van der Waals surface area contributed by atoms with Gasteiger partial charge in [0.15, 0.2) is 5.17 Å². The highest BCUT2D eigenvalue weighted by Gasteiger charge is 2.53. The molecule has 0 aromatic heterocycles. The van der Waals surface area contributed by atoms with Gasteiger partial charge in [-0.2, -0.15) is 0 Å². The third-order valence-corrected chi connectivity index (χ3v) is 9.39. The van der Waals surface area contributed by atoms with Crippen molar-refractivity contribution >= 4 is 46.0 Å². The van der Waals surface area contributed by atoms with Gasteiger partial charge in [0.1, 0.15) is 10.4 Å². The Morgan fingerprint density at radius 1 is 1.18 bits per heavy atom. The molecule has 1 saturated heterocycles. The molecule has 3 aliphatic rings. The van der Waals surface area contributed by atoms with Crippen LogP contribution in [0.5, 0.6) is 0 Å². The lowest BCUT2D eigenvalue weighted by Crippen LogP contribution is -2.42. The quantitative estimate of drug-likeness (QED) is 0.438. The fourth-order valence-corrected chi connectivity index (χ4v) is 7.55. The van der Waals surface area contributed by atoms with E-state index < -0.39 is 5.54 Å². The second-order valence-corrected chi connectivity index (χ2v) is 12.5. The molecule has 3 aliphatic heterocycles. The third-order valence-electron chi connectivity index (χ3n) is 7.83. The number of aliphatic hydroxyl groups is 1. The lowest BCUT2D eigenvalue weighted by Gasteiger charge is -2.37. The van der Waals surface area contributed by atoms with E-state index in [0.29, 0.717) is 23.1 Å². The Balaban J connectivity index is 1.59.